The van der Waals surface area contributed by atoms with Crippen molar-refractivity contribution >= 4 is 5.57 Å². The Morgan fingerprint density at radius 1 is 1.31 bits per heavy atom. The summed E-state index contributed by atoms with van der Waals surface area (Å²) in [6.45, 7) is 0. The first-order chi connectivity index (χ1) is 7.90. The van der Waals surface area contributed by atoms with Gasteiger partial charge in [0.05, 0.1) is 19.0 Å². The second-order valence-corrected chi connectivity index (χ2v) is 4.79. The van der Waals surface area contributed by atoms with Crippen LogP contribution < -0.4 is 0 Å². The molecular weight excluding hydrogens is 200 g/mol. The topological polar surface area (TPSA) is 37.9 Å². The van der Waals surface area contributed by atoms with E-state index in [-0.39, 0.29) is 0 Å². The molecule has 2 aliphatic carbocycles. The summed E-state index contributed by atoms with van der Waals surface area (Å²) in [5, 5.41) is 7.34. The van der Waals surface area contributed by atoms with Crippen molar-refractivity contribution in [1.82, 2.24) is 10.2 Å². The summed E-state index contributed by atoms with van der Waals surface area (Å²) in [7, 11) is 1.80. The molecule has 3 nitrogen and oxygen atoms in total. The molecular formula is C13H18N2O. The number of fused-ring (bicyclic) bond motifs is 1. The molecule has 1 aromatic rings. The predicted octanol–water partition coefficient (Wildman–Crippen LogP) is 2.90. The Morgan fingerprint density at radius 2 is 2.12 bits per heavy atom. The van der Waals surface area contributed by atoms with E-state index in [1.165, 1.54) is 48.3 Å². The summed E-state index contributed by atoms with van der Waals surface area (Å²) < 4.78 is 5.57. The number of aryl methyl sites for hydroxylation is 1. The Balaban J connectivity index is 2.04. The SMILES string of the molecule is COC1=C(C2CCCC2)c2[nH]ncc2CC1. The molecule has 3 heteroatoms. The first-order valence-corrected chi connectivity index (χ1v) is 6.20. The number of nitrogens with one attached hydrogen (secondary N) is 1. The maximum Gasteiger partial charge on any atom is 0.101 e. The minimum atomic E-state index is 0.689. The summed E-state index contributed by atoms with van der Waals surface area (Å²) in [4.78, 5) is 0. The molecule has 0 amide bonds. The highest BCUT2D eigenvalue weighted by Gasteiger charge is 2.29. The molecule has 0 unspecified atom stereocenters. The van der Waals surface area contributed by atoms with Gasteiger partial charge in [0.15, 0.2) is 0 Å². The first kappa shape index (κ1) is 9.94. The normalized spacial score (nSPS) is 21.3. The highest BCUT2D eigenvalue weighted by molar-refractivity contribution is 5.70. The lowest BCUT2D eigenvalue weighted by Crippen LogP contribution is -2.11. The van der Waals surface area contributed by atoms with Gasteiger partial charge < -0.3 is 4.74 Å². The summed E-state index contributed by atoms with van der Waals surface area (Å²) in [6.07, 6.45) is 9.39. The second-order valence-electron chi connectivity index (χ2n) is 4.79. The van der Waals surface area contributed by atoms with E-state index in [9.17, 15) is 0 Å². The van der Waals surface area contributed by atoms with Crippen LogP contribution in [0.4, 0.5) is 0 Å². The Kier molecular flexibility index (Phi) is 2.46. The first-order valence-electron chi connectivity index (χ1n) is 6.20. The molecule has 1 heterocycles. The molecule has 1 aromatic heterocycles. The average Bonchev–Trinajstić information content (AvgIpc) is 2.98. The maximum absolute atomic E-state index is 5.57. The molecule has 1 N–H and O–H groups in total. The molecule has 0 aromatic carbocycles. The molecule has 1 saturated carbocycles. The van der Waals surface area contributed by atoms with E-state index in [1.807, 2.05) is 6.20 Å². The number of allylic oxidation sites excluding steroid dienone is 2. The molecule has 1 fully saturated rings. The van der Waals surface area contributed by atoms with Gasteiger partial charge in [-0.25, -0.2) is 0 Å². The van der Waals surface area contributed by atoms with Crippen molar-refractivity contribution < 1.29 is 4.74 Å². The molecule has 0 atom stereocenters. The van der Waals surface area contributed by atoms with E-state index in [2.05, 4.69) is 10.2 Å². The third-order valence-corrected chi connectivity index (χ3v) is 3.92. The largest absolute Gasteiger partial charge is 0.501 e. The van der Waals surface area contributed by atoms with Crippen LogP contribution in [0.5, 0.6) is 0 Å². The third kappa shape index (κ3) is 1.46. The van der Waals surface area contributed by atoms with E-state index in [0.29, 0.717) is 5.92 Å². The zero-order chi connectivity index (χ0) is 11.0. The fourth-order valence-electron chi connectivity index (χ4n) is 3.11. The maximum atomic E-state index is 5.57. The van der Waals surface area contributed by atoms with E-state index in [4.69, 9.17) is 4.74 Å². The van der Waals surface area contributed by atoms with Crippen LogP contribution in [-0.2, 0) is 11.2 Å². The predicted molar refractivity (Wildman–Crippen MR) is 62.8 cm³/mol. The molecule has 86 valence electrons. The van der Waals surface area contributed by atoms with Gasteiger partial charge in [-0.1, -0.05) is 12.8 Å². The summed E-state index contributed by atoms with van der Waals surface area (Å²) in [5.74, 6) is 1.87. The molecule has 2 aliphatic rings. The van der Waals surface area contributed by atoms with Crippen molar-refractivity contribution in [2.45, 2.75) is 38.5 Å². The van der Waals surface area contributed by atoms with Gasteiger partial charge in [0.2, 0.25) is 0 Å². The van der Waals surface area contributed by atoms with Gasteiger partial charge in [0.25, 0.3) is 0 Å². The van der Waals surface area contributed by atoms with Gasteiger partial charge in [-0.05, 0) is 30.7 Å². The van der Waals surface area contributed by atoms with Crippen LogP contribution in [0.1, 0.15) is 43.4 Å². The van der Waals surface area contributed by atoms with Crippen LogP contribution in [0.25, 0.3) is 5.57 Å². The number of aromatic nitrogens is 2. The van der Waals surface area contributed by atoms with Gasteiger partial charge in [-0.2, -0.15) is 5.10 Å². The molecule has 0 radical (unpaired) electrons. The van der Waals surface area contributed by atoms with Crippen LogP contribution >= 0.6 is 0 Å². The van der Waals surface area contributed by atoms with Crippen molar-refractivity contribution in [3.05, 3.63) is 23.2 Å². The number of nitrogens with zero attached hydrogens (tertiary/aromatic N) is 1. The highest BCUT2D eigenvalue weighted by Crippen LogP contribution is 2.42. The number of rotatable bonds is 2. The highest BCUT2D eigenvalue weighted by atomic mass is 16.5. The zero-order valence-corrected chi connectivity index (χ0v) is 9.75. The van der Waals surface area contributed by atoms with E-state index < -0.39 is 0 Å². The third-order valence-electron chi connectivity index (χ3n) is 3.92. The number of ether oxygens (including phenoxy) is 1. The van der Waals surface area contributed by atoms with Gasteiger partial charge in [0, 0.05) is 12.0 Å². The van der Waals surface area contributed by atoms with Gasteiger partial charge in [0.1, 0.15) is 5.76 Å². The molecule has 0 bridgehead atoms. The number of methoxy groups -OCH3 is 1. The lowest BCUT2D eigenvalue weighted by atomic mass is 9.86. The number of aromatic amines is 1. The molecule has 0 spiro atoms. The van der Waals surface area contributed by atoms with Crippen molar-refractivity contribution in [1.29, 1.82) is 0 Å². The zero-order valence-electron chi connectivity index (χ0n) is 9.75. The lowest BCUT2D eigenvalue weighted by Gasteiger charge is -2.23. The molecule has 0 aliphatic heterocycles. The van der Waals surface area contributed by atoms with E-state index in [1.54, 1.807) is 7.11 Å². The van der Waals surface area contributed by atoms with E-state index in [0.717, 1.165) is 12.8 Å². The standard InChI is InChI=1S/C13H18N2O/c1-16-11-7-6-10-8-14-15-13(10)12(11)9-4-2-3-5-9/h8-9H,2-7H2,1H3,(H,14,15). The molecule has 16 heavy (non-hydrogen) atoms. The monoisotopic (exact) mass is 218 g/mol. The lowest BCUT2D eigenvalue weighted by molar-refractivity contribution is 0.274. The summed E-state index contributed by atoms with van der Waals surface area (Å²) in [5.41, 5.74) is 4.02. The Bertz CT molecular complexity index is 413. The molecule has 0 saturated heterocycles. The number of hydrogen-bond acceptors (Lipinski definition) is 2. The van der Waals surface area contributed by atoms with Gasteiger partial charge in [-0.3, -0.25) is 5.10 Å². The van der Waals surface area contributed by atoms with E-state index >= 15 is 0 Å². The van der Waals surface area contributed by atoms with Gasteiger partial charge >= 0.3 is 0 Å². The Morgan fingerprint density at radius 3 is 2.88 bits per heavy atom. The fraction of sp³-hybridized carbons (Fsp3) is 0.615. The van der Waals surface area contributed by atoms with Crippen molar-refractivity contribution in [3.8, 4) is 0 Å². The van der Waals surface area contributed by atoms with Crippen LogP contribution in [-0.4, -0.2) is 17.3 Å². The van der Waals surface area contributed by atoms with Crippen LogP contribution in [0.3, 0.4) is 0 Å². The summed E-state index contributed by atoms with van der Waals surface area (Å²) >= 11 is 0. The van der Waals surface area contributed by atoms with Crippen LogP contribution in [0.2, 0.25) is 0 Å². The van der Waals surface area contributed by atoms with Crippen molar-refractivity contribution in [2.24, 2.45) is 5.92 Å². The molecule has 3 rings (SSSR count). The fourth-order valence-corrected chi connectivity index (χ4v) is 3.11. The van der Waals surface area contributed by atoms with Crippen LogP contribution in [0.15, 0.2) is 12.0 Å². The number of hydrogen-bond donors (Lipinski definition) is 1. The van der Waals surface area contributed by atoms with Crippen molar-refractivity contribution in [3.63, 3.8) is 0 Å². The smallest absolute Gasteiger partial charge is 0.101 e. The minimum Gasteiger partial charge on any atom is -0.501 e. The van der Waals surface area contributed by atoms with Crippen molar-refractivity contribution in [2.75, 3.05) is 7.11 Å². The summed E-state index contributed by atoms with van der Waals surface area (Å²) in [6, 6.07) is 0. The Labute approximate surface area is 95.9 Å². The second kappa shape index (κ2) is 3.96. The number of H-pyrrole nitrogens is 1. The Hall–Kier alpha value is -1.25. The average molecular weight is 218 g/mol. The quantitative estimate of drug-likeness (QED) is 0.828. The van der Waals surface area contributed by atoms with Gasteiger partial charge in [-0.15, -0.1) is 0 Å². The minimum absolute atomic E-state index is 0.689. The van der Waals surface area contributed by atoms with Crippen LogP contribution in [0, 0.1) is 5.92 Å².